The molecule has 0 unspecified atom stereocenters. The highest BCUT2D eigenvalue weighted by Crippen LogP contribution is 2.26. The summed E-state index contributed by atoms with van der Waals surface area (Å²) in [5.74, 6) is 1.46. The zero-order valence-electron chi connectivity index (χ0n) is 10.5. The van der Waals surface area contributed by atoms with E-state index >= 15 is 0 Å². The Labute approximate surface area is 112 Å². The number of rotatable bonds is 5. The maximum atomic E-state index is 6.09. The minimum Gasteiger partial charge on any atom is -0.484 e. The second kappa shape index (κ2) is 5.94. The maximum absolute atomic E-state index is 6.09. The van der Waals surface area contributed by atoms with Crippen LogP contribution >= 0.6 is 11.6 Å². The fourth-order valence-corrected chi connectivity index (χ4v) is 1.96. The Morgan fingerprint density at radius 1 is 1.33 bits per heavy atom. The first-order valence-corrected chi connectivity index (χ1v) is 6.16. The molecule has 0 fully saturated rings. The maximum Gasteiger partial charge on any atom is 0.146 e. The van der Waals surface area contributed by atoms with Crippen molar-refractivity contribution in [2.45, 2.75) is 20.1 Å². The molecule has 0 radical (unpaired) electrons. The number of benzene rings is 1. The summed E-state index contributed by atoms with van der Waals surface area (Å²) in [6, 6.07) is 7.69. The summed E-state index contributed by atoms with van der Waals surface area (Å²) in [7, 11) is 1.90. The standard InChI is InChI=1S/C14H16ClNO2/c1-10-3-4-14(13(15)5-10)18-9-12-6-11(7-16-2)8-17-12/h3-6,8,16H,7,9H2,1-2H3. The lowest BCUT2D eigenvalue weighted by Crippen LogP contribution is -2.03. The summed E-state index contributed by atoms with van der Waals surface area (Å²) in [6.45, 7) is 3.16. The zero-order chi connectivity index (χ0) is 13.0. The van der Waals surface area contributed by atoms with Gasteiger partial charge in [-0.15, -0.1) is 0 Å². The summed E-state index contributed by atoms with van der Waals surface area (Å²) in [4.78, 5) is 0. The number of nitrogens with one attached hydrogen (secondary N) is 1. The SMILES string of the molecule is CNCc1coc(COc2ccc(C)cc2Cl)c1. The molecule has 0 saturated heterocycles. The molecule has 2 rings (SSSR count). The highest BCUT2D eigenvalue weighted by molar-refractivity contribution is 6.32. The number of hydrogen-bond donors (Lipinski definition) is 1. The molecule has 0 spiro atoms. The van der Waals surface area contributed by atoms with Crippen LogP contribution in [0.25, 0.3) is 0 Å². The first-order chi connectivity index (χ1) is 8.69. The average Bonchev–Trinajstić information content (AvgIpc) is 2.76. The minimum atomic E-state index is 0.381. The van der Waals surface area contributed by atoms with Gasteiger partial charge in [0.15, 0.2) is 0 Å². The van der Waals surface area contributed by atoms with Crippen LogP contribution in [0.15, 0.2) is 34.9 Å². The molecule has 1 aromatic carbocycles. The molecule has 18 heavy (non-hydrogen) atoms. The molecular weight excluding hydrogens is 250 g/mol. The largest absolute Gasteiger partial charge is 0.484 e. The second-order valence-electron chi connectivity index (χ2n) is 4.17. The van der Waals surface area contributed by atoms with E-state index in [1.807, 2.05) is 38.2 Å². The molecule has 0 aliphatic rings. The topological polar surface area (TPSA) is 34.4 Å². The van der Waals surface area contributed by atoms with Gasteiger partial charge in [-0.2, -0.15) is 0 Å². The highest BCUT2D eigenvalue weighted by atomic mass is 35.5. The number of furan rings is 1. The lowest BCUT2D eigenvalue weighted by atomic mass is 10.2. The van der Waals surface area contributed by atoms with Crippen LogP contribution in [0.1, 0.15) is 16.9 Å². The van der Waals surface area contributed by atoms with E-state index in [1.54, 1.807) is 6.26 Å². The van der Waals surface area contributed by atoms with Gasteiger partial charge in [0.25, 0.3) is 0 Å². The van der Waals surface area contributed by atoms with Crippen molar-refractivity contribution < 1.29 is 9.15 Å². The van der Waals surface area contributed by atoms with Gasteiger partial charge < -0.3 is 14.5 Å². The Morgan fingerprint density at radius 2 is 2.17 bits per heavy atom. The third kappa shape index (κ3) is 3.28. The summed E-state index contributed by atoms with van der Waals surface area (Å²) < 4.78 is 11.0. The van der Waals surface area contributed by atoms with E-state index < -0.39 is 0 Å². The van der Waals surface area contributed by atoms with Crippen LogP contribution < -0.4 is 10.1 Å². The highest BCUT2D eigenvalue weighted by Gasteiger charge is 2.05. The molecule has 0 saturated carbocycles. The van der Waals surface area contributed by atoms with Crippen LogP contribution in [0, 0.1) is 6.92 Å². The number of ether oxygens (including phenoxy) is 1. The van der Waals surface area contributed by atoms with E-state index in [0.717, 1.165) is 23.4 Å². The van der Waals surface area contributed by atoms with Crippen LogP contribution in [0.2, 0.25) is 5.02 Å². The predicted octanol–water partition coefficient (Wildman–Crippen LogP) is 3.54. The monoisotopic (exact) mass is 265 g/mol. The second-order valence-corrected chi connectivity index (χ2v) is 4.58. The van der Waals surface area contributed by atoms with Gasteiger partial charge in [0.2, 0.25) is 0 Å². The quantitative estimate of drug-likeness (QED) is 0.898. The summed E-state index contributed by atoms with van der Waals surface area (Å²) in [5, 5.41) is 3.69. The molecule has 4 heteroatoms. The Balaban J connectivity index is 1.97. The fraction of sp³-hybridized carbons (Fsp3) is 0.286. The van der Waals surface area contributed by atoms with E-state index in [4.69, 9.17) is 20.8 Å². The molecule has 0 aliphatic carbocycles. The van der Waals surface area contributed by atoms with E-state index in [1.165, 1.54) is 0 Å². The third-order valence-corrected chi connectivity index (χ3v) is 2.84. The lowest BCUT2D eigenvalue weighted by molar-refractivity contribution is 0.270. The number of halogens is 1. The van der Waals surface area contributed by atoms with E-state index in [2.05, 4.69) is 5.32 Å². The molecule has 96 valence electrons. The Hall–Kier alpha value is -1.45. The molecule has 1 heterocycles. The van der Waals surface area contributed by atoms with E-state index in [-0.39, 0.29) is 0 Å². The van der Waals surface area contributed by atoms with Crippen molar-refractivity contribution >= 4 is 11.6 Å². The number of hydrogen-bond acceptors (Lipinski definition) is 3. The van der Waals surface area contributed by atoms with Gasteiger partial charge in [0.05, 0.1) is 11.3 Å². The van der Waals surface area contributed by atoms with Crippen LogP contribution in [0.4, 0.5) is 0 Å². The van der Waals surface area contributed by atoms with Gasteiger partial charge in [0, 0.05) is 12.1 Å². The van der Waals surface area contributed by atoms with E-state index in [0.29, 0.717) is 17.4 Å². The summed E-state index contributed by atoms with van der Waals surface area (Å²) >= 11 is 6.09. The third-order valence-electron chi connectivity index (χ3n) is 2.55. The molecule has 0 amide bonds. The minimum absolute atomic E-state index is 0.381. The Bertz CT molecular complexity index is 522. The van der Waals surface area contributed by atoms with Gasteiger partial charge in [-0.1, -0.05) is 17.7 Å². The van der Waals surface area contributed by atoms with Crippen molar-refractivity contribution in [2.24, 2.45) is 0 Å². The molecule has 1 aromatic heterocycles. The van der Waals surface area contributed by atoms with E-state index in [9.17, 15) is 0 Å². The first kappa shape index (κ1) is 13.0. The van der Waals surface area contributed by atoms with Crippen LogP contribution in [0.3, 0.4) is 0 Å². The lowest BCUT2D eigenvalue weighted by Gasteiger charge is -2.06. The van der Waals surface area contributed by atoms with Crippen molar-refractivity contribution in [2.75, 3.05) is 7.05 Å². The van der Waals surface area contributed by atoms with Crippen LogP contribution in [0.5, 0.6) is 5.75 Å². The van der Waals surface area contributed by atoms with Crippen molar-refractivity contribution in [1.29, 1.82) is 0 Å². The van der Waals surface area contributed by atoms with Gasteiger partial charge in [-0.25, -0.2) is 0 Å². The molecule has 2 aromatic rings. The first-order valence-electron chi connectivity index (χ1n) is 5.79. The molecule has 1 N–H and O–H groups in total. The molecule has 0 bridgehead atoms. The van der Waals surface area contributed by atoms with Crippen LogP contribution in [-0.2, 0) is 13.2 Å². The predicted molar refractivity (Wildman–Crippen MR) is 72.0 cm³/mol. The van der Waals surface area contributed by atoms with Crippen molar-refractivity contribution in [3.05, 3.63) is 52.4 Å². The molecule has 0 aliphatic heterocycles. The van der Waals surface area contributed by atoms with Crippen molar-refractivity contribution in [3.63, 3.8) is 0 Å². The number of aryl methyl sites for hydroxylation is 1. The van der Waals surface area contributed by atoms with Gasteiger partial charge in [0.1, 0.15) is 18.1 Å². The van der Waals surface area contributed by atoms with Gasteiger partial charge >= 0.3 is 0 Å². The summed E-state index contributed by atoms with van der Waals surface area (Å²) in [6.07, 6.45) is 1.73. The fourth-order valence-electron chi connectivity index (χ4n) is 1.67. The average molecular weight is 266 g/mol. The van der Waals surface area contributed by atoms with Gasteiger partial charge in [-0.05, 0) is 37.7 Å². The Kier molecular flexibility index (Phi) is 4.28. The normalized spacial score (nSPS) is 10.6. The van der Waals surface area contributed by atoms with Crippen LogP contribution in [-0.4, -0.2) is 7.05 Å². The summed E-state index contributed by atoms with van der Waals surface area (Å²) in [5.41, 5.74) is 2.22. The van der Waals surface area contributed by atoms with Gasteiger partial charge in [-0.3, -0.25) is 0 Å². The smallest absolute Gasteiger partial charge is 0.146 e. The Morgan fingerprint density at radius 3 is 2.89 bits per heavy atom. The molecule has 3 nitrogen and oxygen atoms in total. The molecule has 0 atom stereocenters. The molecular formula is C14H16ClNO2. The zero-order valence-corrected chi connectivity index (χ0v) is 11.3. The van der Waals surface area contributed by atoms with Crippen molar-refractivity contribution in [3.8, 4) is 5.75 Å². The van der Waals surface area contributed by atoms with Crippen molar-refractivity contribution in [1.82, 2.24) is 5.32 Å².